The number of nitrogens with one attached hydrogen (secondary N) is 2. The van der Waals surface area contributed by atoms with Gasteiger partial charge in [-0.1, -0.05) is 19.9 Å². The number of hydrogen-bond donors (Lipinski definition) is 2. The van der Waals surface area contributed by atoms with E-state index in [1.165, 1.54) is 12.1 Å². The second-order valence-corrected chi connectivity index (χ2v) is 7.71. The zero-order valence-electron chi connectivity index (χ0n) is 15.5. The first-order valence-electron chi connectivity index (χ1n) is 9.49. The second kappa shape index (κ2) is 7.52. The third-order valence-corrected chi connectivity index (χ3v) is 6.11. The highest BCUT2D eigenvalue weighted by molar-refractivity contribution is 5.94. The Morgan fingerprint density at radius 3 is 2.70 bits per heavy atom. The molecule has 5 atom stereocenters. The molecule has 0 radical (unpaired) electrons. The molecular formula is C20H25F3N2O2. The smallest absolute Gasteiger partial charge is 0.353 e. The summed E-state index contributed by atoms with van der Waals surface area (Å²) in [6, 6.07) is 4.30. The molecule has 0 spiro atoms. The van der Waals surface area contributed by atoms with Gasteiger partial charge in [-0.3, -0.25) is 9.59 Å². The van der Waals surface area contributed by atoms with Gasteiger partial charge in [-0.15, -0.1) is 0 Å². The van der Waals surface area contributed by atoms with Crippen LogP contribution in [-0.2, 0) is 11.0 Å². The van der Waals surface area contributed by atoms with Gasteiger partial charge in [-0.2, -0.15) is 13.2 Å². The molecule has 1 aromatic carbocycles. The van der Waals surface area contributed by atoms with Crippen molar-refractivity contribution in [3.8, 4) is 0 Å². The first-order chi connectivity index (χ1) is 12.7. The molecule has 1 aromatic rings. The number of hydrogen-bond acceptors (Lipinski definition) is 2. The Morgan fingerprint density at radius 2 is 2.04 bits per heavy atom. The maximum absolute atomic E-state index is 12.8. The number of rotatable bonds is 3. The fourth-order valence-corrected chi connectivity index (χ4v) is 4.61. The minimum Gasteiger partial charge on any atom is -0.353 e. The Balaban J connectivity index is 1.65. The molecule has 2 amide bonds. The number of benzene rings is 1. The summed E-state index contributed by atoms with van der Waals surface area (Å²) in [5, 5.41) is 5.93. The van der Waals surface area contributed by atoms with E-state index in [-0.39, 0.29) is 29.5 Å². The van der Waals surface area contributed by atoms with Gasteiger partial charge < -0.3 is 10.6 Å². The Kier molecular flexibility index (Phi) is 5.49. The van der Waals surface area contributed by atoms with Crippen molar-refractivity contribution in [2.75, 3.05) is 0 Å². The molecule has 2 N–H and O–H groups in total. The highest BCUT2D eigenvalue weighted by atomic mass is 19.4. The van der Waals surface area contributed by atoms with Crippen molar-refractivity contribution in [1.82, 2.24) is 10.6 Å². The van der Waals surface area contributed by atoms with E-state index >= 15 is 0 Å². The average Bonchev–Trinajstić information content (AvgIpc) is 2.61. The molecule has 7 heteroatoms. The lowest BCUT2D eigenvalue weighted by Gasteiger charge is -2.46. The lowest BCUT2D eigenvalue weighted by Crippen LogP contribution is -2.58. The Labute approximate surface area is 156 Å². The summed E-state index contributed by atoms with van der Waals surface area (Å²) in [6.07, 6.45) is -1.40. The summed E-state index contributed by atoms with van der Waals surface area (Å²) in [7, 11) is 0. The number of alkyl halides is 3. The summed E-state index contributed by atoms with van der Waals surface area (Å²) in [4.78, 5) is 24.7. The lowest BCUT2D eigenvalue weighted by molar-refractivity contribution is -0.137. The number of amides is 2. The molecule has 4 nitrogen and oxygen atoms in total. The van der Waals surface area contributed by atoms with Crippen molar-refractivity contribution >= 4 is 11.8 Å². The molecule has 3 rings (SSSR count). The van der Waals surface area contributed by atoms with Gasteiger partial charge in [0.15, 0.2) is 0 Å². The maximum atomic E-state index is 12.8. The van der Waals surface area contributed by atoms with Crippen LogP contribution in [0.25, 0.3) is 0 Å². The third-order valence-electron chi connectivity index (χ3n) is 6.11. The summed E-state index contributed by atoms with van der Waals surface area (Å²) in [6.45, 7) is 4.13. The molecule has 1 aliphatic heterocycles. The first-order valence-corrected chi connectivity index (χ1v) is 9.49. The number of halogens is 3. The van der Waals surface area contributed by atoms with Gasteiger partial charge in [-0.05, 0) is 55.7 Å². The molecule has 148 valence electrons. The first kappa shape index (κ1) is 19.7. The third kappa shape index (κ3) is 4.12. The molecule has 1 aliphatic carbocycles. The summed E-state index contributed by atoms with van der Waals surface area (Å²) >= 11 is 0. The van der Waals surface area contributed by atoms with E-state index in [2.05, 4.69) is 17.6 Å². The van der Waals surface area contributed by atoms with Gasteiger partial charge >= 0.3 is 6.18 Å². The minimum absolute atomic E-state index is 0.000886. The summed E-state index contributed by atoms with van der Waals surface area (Å²) < 4.78 is 38.5. The molecular weight excluding hydrogens is 357 g/mol. The fourth-order valence-electron chi connectivity index (χ4n) is 4.61. The topological polar surface area (TPSA) is 58.2 Å². The van der Waals surface area contributed by atoms with E-state index in [4.69, 9.17) is 0 Å². The zero-order valence-corrected chi connectivity index (χ0v) is 15.5. The zero-order chi connectivity index (χ0) is 19.8. The van der Waals surface area contributed by atoms with Crippen LogP contribution < -0.4 is 10.6 Å². The van der Waals surface area contributed by atoms with Crippen LogP contribution in [0.15, 0.2) is 24.3 Å². The van der Waals surface area contributed by atoms with Crippen LogP contribution in [0.5, 0.6) is 0 Å². The van der Waals surface area contributed by atoms with Crippen molar-refractivity contribution in [1.29, 1.82) is 0 Å². The number of carbonyl (C=O) groups is 2. The highest BCUT2D eigenvalue weighted by Gasteiger charge is 2.43. The SMILES string of the molecule is CCC1C(=O)NC2CC(NC(=O)c3cccc(C(F)(F)F)c3)CCC2C1C. The average molecular weight is 382 g/mol. The molecule has 5 unspecified atom stereocenters. The molecule has 2 aliphatic rings. The predicted octanol–water partition coefficient (Wildman–Crippen LogP) is 3.76. The molecule has 1 heterocycles. The summed E-state index contributed by atoms with van der Waals surface area (Å²) in [5.41, 5.74) is -0.836. The van der Waals surface area contributed by atoms with E-state index in [0.717, 1.165) is 31.4 Å². The van der Waals surface area contributed by atoms with Gasteiger partial charge in [-0.25, -0.2) is 0 Å². The van der Waals surface area contributed by atoms with E-state index in [1.807, 2.05) is 6.92 Å². The quantitative estimate of drug-likeness (QED) is 0.836. The lowest BCUT2D eigenvalue weighted by atomic mass is 9.67. The highest BCUT2D eigenvalue weighted by Crippen LogP contribution is 2.39. The number of carbonyl (C=O) groups excluding carboxylic acids is 2. The maximum Gasteiger partial charge on any atom is 0.416 e. The van der Waals surface area contributed by atoms with Crippen LogP contribution in [0.4, 0.5) is 13.2 Å². The number of fused-ring (bicyclic) bond motifs is 1. The standard InChI is InChI=1S/C20H25F3N2O2/c1-3-15-11(2)16-8-7-14(10-17(16)25-19(15)27)24-18(26)12-5-4-6-13(9-12)20(21,22)23/h4-6,9,11,14-17H,3,7-8,10H2,1-2H3,(H,24,26)(H,25,27). The van der Waals surface area contributed by atoms with Gasteiger partial charge in [0.25, 0.3) is 5.91 Å². The monoisotopic (exact) mass is 382 g/mol. The largest absolute Gasteiger partial charge is 0.416 e. The van der Waals surface area contributed by atoms with Crippen LogP contribution in [0.2, 0.25) is 0 Å². The van der Waals surface area contributed by atoms with Gasteiger partial charge in [0.2, 0.25) is 5.91 Å². The molecule has 1 saturated carbocycles. The normalized spacial score (nSPS) is 31.0. The van der Waals surface area contributed by atoms with Crippen molar-refractivity contribution < 1.29 is 22.8 Å². The predicted molar refractivity (Wildman–Crippen MR) is 94.9 cm³/mol. The number of piperidine rings is 1. The van der Waals surface area contributed by atoms with Crippen LogP contribution in [0.1, 0.15) is 55.5 Å². The van der Waals surface area contributed by atoms with Gasteiger partial charge in [0, 0.05) is 23.6 Å². The van der Waals surface area contributed by atoms with Crippen LogP contribution in [-0.4, -0.2) is 23.9 Å². The second-order valence-electron chi connectivity index (χ2n) is 7.71. The van der Waals surface area contributed by atoms with Crippen molar-refractivity contribution in [2.24, 2.45) is 17.8 Å². The minimum atomic E-state index is -4.48. The molecule has 27 heavy (non-hydrogen) atoms. The van der Waals surface area contributed by atoms with Crippen molar-refractivity contribution in [3.63, 3.8) is 0 Å². The van der Waals surface area contributed by atoms with Gasteiger partial charge in [0.05, 0.1) is 5.56 Å². The van der Waals surface area contributed by atoms with Crippen LogP contribution in [0, 0.1) is 17.8 Å². The van der Waals surface area contributed by atoms with Crippen molar-refractivity contribution in [3.05, 3.63) is 35.4 Å². The molecule has 2 fully saturated rings. The Bertz CT molecular complexity index is 719. The van der Waals surface area contributed by atoms with Crippen LogP contribution >= 0.6 is 0 Å². The Morgan fingerprint density at radius 1 is 1.30 bits per heavy atom. The van der Waals surface area contributed by atoms with E-state index in [9.17, 15) is 22.8 Å². The molecule has 0 aromatic heterocycles. The van der Waals surface area contributed by atoms with Crippen molar-refractivity contribution in [2.45, 2.75) is 57.8 Å². The summed E-state index contributed by atoms with van der Waals surface area (Å²) in [5.74, 6) is 0.271. The van der Waals surface area contributed by atoms with Gasteiger partial charge in [0.1, 0.15) is 0 Å². The molecule has 1 saturated heterocycles. The Hall–Kier alpha value is -2.05. The molecule has 0 bridgehead atoms. The van der Waals surface area contributed by atoms with Crippen LogP contribution in [0.3, 0.4) is 0 Å². The van der Waals surface area contributed by atoms with E-state index in [1.54, 1.807) is 0 Å². The fraction of sp³-hybridized carbons (Fsp3) is 0.600. The van der Waals surface area contributed by atoms with E-state index < -0.39 is 17.6 Å². The van der Waals surface area contributed by atoms with E-state index in [0.29, 0.717) is 18.3 Å².